The zero-order valence-corrected chi connectivity index (χ0v) is 9.63. The summed E-state index contributed by atoms with van der Waals surface area (Å²) in [7, 11) is 0. The van der Waals surface area contributed by atoms with E-state index in [1.165, 1.54) is 12.0 Å². The molecule has 0 fully saturated rings. The normalized spacial score (nSPS) is 14.1. The van der Waals surface area contributed by atoms with Crippen LogP contribution in [0, 0.1) is 6.92 Å². The molecule has 0 unspecified atom stereocenters. The van der Waals surface area contributed by atoms with E-state index in [9.17, 15) is 0 Å². The fraction of sp³-hybridized carbons (Fsp3) is 0.167. The molecule has 0 aliphatic heterocycles. The summed E-state index contributed by atoms with van der Waals surface area (Å²) in [5, 5.41) is 0. The van der Waals surface area contributed by atoms with Crippen LogP contribution < -0.4 is 3.32 Å². The van der Waals surface area contributed by atoms with Crippen molar-refractivity contribution < 1.29 is 22.9 Å². The van der Waals surface area contributed by atoms with Crippen molar-refractivity contribution in [2.45, 2.75) is 13.3 Å². The Kier molecular flexibility index (Phi) is 2.94. The number of aryl methyl sites for hydroxylation is 1. The van der Waals surface area contributed by atoms with Gasteiger partial charge in [0, 0.05) is 0 Å². The quantitative estimate of drug-likeness (QED) is 0.689. The molecule has 1 heteroatoms. The van der Waals surface area contributed by atoms with Crippen LogP contribution >= 0.6 is 0 Å². The van der Waals surface area contributed by atoms with E-state index < -0.39 is 0 Å². The molecular weight excluding hydrogens is 189 g/mol. The van der Waals surface area contributed by atoms with Gasteiger partial charge in [-0.15, -0.1) is 0 Å². The topological polar surface area (TPSA) is 0 Å². The number of rotatable bonds is 2. The number of hydrogen-bond acceptors (Lipinski definition) is 0. The second kappa shape index (κ2) is 4.19. The Morgan fingerprint density at radius 1 is 1.23 bits per heavy atom. The van der Waals surface area contributed by atoms with Gasteiger partial charge in [0.25, 0.3) is 0 Å². The van der Waals surface area contributed by atoms with Crippen LogP contribution in [-0.4, -0.2) is 0 Å². The van der Waals surface area contributed by atoms with Gasteiger partial charge in [0.15, 0.2) is 0 Å². The number of benzene rings is 1. The second-order valence-electron chi connectivity index (χ2n) is 3.37. The summed E-state index contributed by atoms with van der Waals surface area (Å²) in [5.74, 6) is 0. The van der Waals surface area contributed by atoms with Gasteiger partial charge in [-0.1, -0.05) is 0 Å². The number of hydrogen-bond donors (Lipinski definition) is 0. The van der Waals surface area contributed by atoms with Crippen molar-refractivity contribution in [2.24, 2.45) is 0 Å². The van der Waals surface area contributed by atoms with Crippen LogP contribution in [0.2, 0.25) is 0 Å². The van der Waals surface area contributed by atoms with Crippen LogP contribution in [0.15, 0.2) is 45.8 Å². The number of allylic oxidation sites excluding steroid dienone is 4. The van der Waals surface area contributed by atoms with E-state index in [1.54, 1.807) is 6.65 Å². The third-order valence-corrected chi connectivity index (χ3v) is 5.07. The van der Waals surface area contributed by atoms with E-state index >= 15 is 0 Å². The SMILES string of the molecule is Cc1cccc[c]1[Sc][C]1=CC=CC1. The van der Waals surface area contributed by atoms with Gasteiger partial charge in [-0.2, -0.15) is 0 Å². The Morgan fingerprint density at radius 3 is 2.77 bits per heavy atom. The van der Waals surface area contributed by atoms with Gasteiger partial charge < -0.3 is 0 Å². The monoisotopic (exact) mass is 201 g/mol. The summed E-state index contributed by atoms with van der Waals surface area (Å²) >= 11 is -0.325. The van der Waals surface area contributed by atoms with Crippen molar-refractivity contribution in [1.29, 1.82) is 0 Å². The first-order valence-electron chi connectivity index (χ1n) is 4.62. The average molecular weight is 201 g/mol. The molecule has 0 heterocycles. The third kappa shape index (κ3) is 2.28. The van der Waals surface area contributed by atoms with E-state index in [-0.39, 0.29) is 22.9 Å². The predicted octanol–water partition coefficient (Wildman–Crippen LogP) is 2.55. The Hall–Kier alpha value is -0.430. The van der Waals surface area contributed by atoms with Crippen LogP contribution in [-0.2, 0) is 22.9 Å². The van der Waals surface area contributed by atoms with Crippen LogP contribution in [0.25, 0.3) is 0 Å². The van der Waals surface area contributed by atoms with Crippen LogP contribution in [0.5, 0.6) is 0 Å². The van der Waals surface area contributed by atoms with Crippen molar-refractivity contribution >= 4 is 3.32 Å². The van der Waals surface area contributed by atoms with Crippen molar-refractivity contribution in [3.63, 3.8) is 0 Å². The van der Waals surface area contributed by atoms with Gasteiger partial charge in [-0.3, -0.25) is 0 Å². The molecule has 0 aromatic heterocycles. The first-order chi connectivity index (χ1) is 6.36. The van der Waals surface area contributed by atoms with E-state index in [4.69, 9.17) is 0 Å². The Bertz CT molecular complexity index is 361. The van der Waals surface area contributed by atoms with Gasteiger partial charge in [0.1, 0.15) is 0 Å². The predicted molar refractivity (Wildman–Crippen MR) is 52.7 cm³/mol. The van der Waals surface area contributed by atoms with Crippen molar-refractivity contribution in [3.8, 4) is 0 Å². The zero-order chi connectivity index (χ0) is 9.10. The fourth-order valence-electron chi connectivity index (χ4n) is 1.52. The summed E-state index contributed by atoms with van der Waals surface area (Å²) in [6.45, 7) is 2.22. The fourth-order valence-corrected chi connectivity index (χ4v) is 3.69. The molecule has 0 saturated heterocycles. The Balaban J connectivity index is 2.14. The van der Waals surface area contributed by atoms with Crippen LogP contribution in [0.4, 0.5) is 0 Å². The summed E-state index contributed by atoms with van der Waals surface area (Å²) in [4.78, 5) is 0. The second-order valence-corrected chi connectivity index (χ2v) is 5.95. The first-order valence-corrected chi connectivity index (χ1v) is 6.42. The van der Waals surface area contributed by atoms with Crippen molar-refractivity contribution in [3.05, 3.63) is 51.4 Å². The molecule has 0 spiro atoms. The molecule has 1 aliphatic carbocycles. The van der Waals surface area contributed by atoms with E-state index in [0.29, 0.717) is 0 Å². The van der Waals surface area contributed by atoms with Gasteiger partial charge in [0.2, 0.25) is 0 Å². The first kappa shape index (κ1) is 9.14. The molecule has 2 rings (SSSR count). The molecule has 0 nitrogen and oxygen atoms in total. The van der Waals surface area contributed by atoms with E-state index in [1.807, 2.05) is 0 Å². The van der Waals surface area contributed by atoms with E-state index in [0.717, 1.165) is 0 Å². The molecule has 0 radical (unpaired) electrons. The minimum atomic E-state index is -0.325. The van der Waals surface area contributed by atoms with Crippen LogP contribution in [0.1, 0.15) is 12.0 Å². The van der Waals surface area contributed by atoms with Gasteiger partial charge in [-0.25, -0.2) is 0 Å². The molecule has 0 bridgehead atoms. The molecule has 0 atom stereocenters. The Morgan fingerprint density at radius 2 is 2.08 bits per heavy atom. The zero-order valence-electron chi connectivity index (χ0n) is 7.83. The molecule has 1 aliphatic rings. The maximum atomic E-state index is 2.30. The van der Waals surface area contributed by atoms with E-state index in [2.05, 4.69) is 49.4 Å². The molecule has 1 aromatic carbocycles. The van der Waals surface area contributed by atoms with Gasteiger partial charge in [0.05, 0.1) is 0 Å². The third-order valence-electron chi connectivity index (χ3n) is 2.33. The molecule has 0 saturated carbocycles. The summed E-state index contributed by atoms with van der Waals surface area (Å²) < 4.78 is 3.29. The van der Waals surface area contributed by atoms with Gasteiger partial charge >= 0.3 is 91.0 Å². The maximum absolute atomic E-state index is 2.30. The average Bonchev–Trinajstić information content (AvgIpc) is 2.61. The molecule has 0 amide bonds. The minimum absolute atomic E-state index is 0.325. The summed E-state index contributed by atoms with van der Waals surface area (Å²) in [6.07, 6.45) is 7.94. The van der Waals surface area contributed by atoms with Crippen LogP contribution in [0.3, 0.4) is 0 Å². The van der Waals surface area contributed by atoms with Crippen molar-refractivity contribution in [2.75, 3.05) is 0 Å². The summed E-state index contributed by atoms with van der Waals surface area (Å²) in [5.41, 5.74) is 1.47. The molecule has 13 heavy (non-hydrogen) atoms. The van der Waals surface area contributed by atoms with Gasteiger partial charge in [-0.05, 0) is 0 Å². The van der Waals surface area contributed by atoms with Crippen molar-refractivity contribution in [1.82, 2.24) is 0 Å². The standard InChI is InChI=1S/C7H7.C5H5.Sc/c1-7-5-3-2-4-6-7;1-2-4-5-3-1;/h2-5H,1H3;1-3H,4H2;. The molecule has 1 aromatic rings. The molecule has 0 N–H and O–H groups in total. The molecule has 63 valence electrons. The molecular formula is C12H12Sc. The summed E-state index contributed by atoms with van der Waals surface area (Å²) in [6, 6.07) is 8.78. The Labute approximate surface area is 90.7 Å².